The van der Waals surface area contributed by atoms with Crippen LogP contribution in [0.2, 0.25) is 5.02 Å². The zero-order valence-electron chi connectivity index (χ0n) is 8.24. The molecule has 2 nitrogen and oxygen atoms in total. The van der Waals surface area contributed by atoms with Gasteiger partial charge in [-0.15, -0.1) is 12.4 Å². The first-order chi connectivity index (χ1) is 7.24. The van der Waals surface area contributed by atoms with Gasteiger partial charge in [0.2, 0.25) is 0 Å². The Balaban J connectivity index is 0.00000128. The lowest BCUT2D eigenvalue weighted by Crippen LogP contribution is -1.97. The highest BCUT2D eigenvalue weighted by molar-refractivity contribution is 9.10. The van der Waals surface area contributed by atoms with E-state index in [1.54, 1.807) is 0 Å². The first-order valence-electron chi connectivity index (χ1n) is 4.48. The van der Waals surface area contributed by atoms with Crippen LogP contribution in [0.1, 0.15) is 5.76 Å². The summed E-state index contributed by atoms with van der Waals surface area (Å²) in [6, 6.07) is 11.4. The van der Waals surface area contributed by atoms with Crippen molar-refractivity contribution < 1.29 is 4.42 Å². The number of benzene rings is 1. The predicted octanol–water partition coefficient (Wildman–Crippen LogP) is 4.73. The SMILES string of the molecule is Cl.Clc1ccc(NCc2ccc(Br)o2)cc1. The zero-order chi connectivity index (χ0) is 10.7. The van der Waals surface area contributed by atoms with E-state index in [4.69, 9.17) is 16.0 Å². The van der Waals surface area contributed by atoms with Gasteiger partial charge in [-0.05, 0) is 52.3 Å². The Labute approximate surface area is 114 Å². The molecule has 0 fully saturated rings. The summed E-state index contributed by atoms with van der Waals surface area (Å²) in [5, 5.41) is 3.97. The number of rotatable bonds is 3. The van der Waals surface area contributed by atoms with Gasteiger partial charge in [-0.25, -0.2) is 0 Å². The lowest BCUT2D eigenvalue weighted by Gasteiger charge is -2.03. The minimum absolute atomic E-state index is 0. The molecule has 0 saturated heterocycles. The summed E-state index contributed by atoms with van der Waals surface area (Å²) in [5.41, 5.74) is 1.02. The Kier molecular flexibility index (Phi) is 5.19. The predicted molar refractivity (Wildman–Crippen MR) is 72.4 cm³/mol. The molecule has 1 heterocycles. The van der Waals surface area contributed by atoms with Crippen LogP contribution in [0.5, 0.6) is 0 Å². The van der Waals surface area contributed by atoms with E-state index in [1.165, 1.54) is 0 Å². The average Bonchev–Trinajstić information content (AvgIpc) is 2.64. The van der Waals surface area contributed by atoms with Gasteiger partial charge in [0, 0.05) is 10.7 Å². The summed E-state index contributed by atoms with van der Waals surface area (Å²) < 4.78 is 6.10. The van der Waals surface area contributed by atoms with E-state index in [2.05, 4.69) is 21.2 Å². The summed E-state index contributed by atoms with van der Waals surface area (Å²) in [6.07, 6.45) is 0. The van der Waals surface area contributed by atoms with Crippen molar-refractivity contribution in [2.45, 2.75) is 6.54 Å². The normalized spacial score (nSPS) is 9.62. The molecule has 0 amide bonds. The van der Waals surface area contributed by atoms with Crippen LogP contribution < -0.4 is 5.32 Å². The van der Waals surface area contributed by atoms with Crippen molar-refractivity contribution in [3.8, 4) is 0 Å². The van der Waals surface area contributed by atoms with Crippen molar-refractivity contribution >= 4 is 45.6 Å². The molecule has 2 rings (SSSR count). The quantitative estimate of drug-likeness (QED) is 0.883. The Hall–Kier alpha value is -0.640. The maximum atomic E-state index is 5.78. The molecule has 0 aliphatic rings. The first kappa shape index (κ1) is 13.4. The molecular weight excluding hydrogens is 313 g/mol. The molecule has 1 N–H and O–H groups in total. The fourth-order valence-electron chi connectivity index (χ4n) is 1.20. The molecule has 0 spiro atoms. The molecule has 0 aliphatic heterocycles. The van der Waals surface area contributed by atoms with Gasteiger partial charge >= 0.3 is 0 Å². The largest absolute Gasteiger partial charge is 0.452 e. The van der Waals surface area contributed by atoms with Crippen molar-refractivity contribution in [2.24, 2.45) is 0 Å². The second-order valence-corrected chi connectivity index (χ2v) is 4.28. The van der Waals surface area contributed by atoms with Crippen LogP contribution in [0.4, 0.5) is 5.69 Å². The van der Waals surface area contributed by atoms with E-state index >= 15 is 0 Å². The maximum Gasteiger partial charge on any atom is 0.169 e. The van der Waals surface area contributed by atoms with Crippen LogP contribution in [-0.2, 0) is 6.54 Å². The Bertz CT molecular complexity index is 442. The molecule has 16 heavy (non-hydrogen) atoms. The van der Waals surface area contributed by atoms with E-state index in [0.29, 0.717) is 6.54 Å². The molecule has 1 aromatic heterocycles. The third kappa shape index (κ3) is 3.74. The van der Waals surface area contributed by atoms with E-state index in [9.17, 15) is 0 Å². The van der Waals surface area contributed by atoms with Crippen LogP contribution in [0, 0.1) is 0 Å². The summed E-state index contributed by atoms with van der Waals surface area (Å²) >= 11 is 9.04. The highest BCUT2D eigenvalue weighted by atomic mass is 79.9. The van der Waals surface area contributed by atoms with Gasteiger partial charge in [-0.3, -0.25) is 0 Å². The van der Waals surface area contributed by atoms with Crippen LogP contribution in [0.15, 0.2) is 45.5 Å². The van der Waals surface area contributed by atoms with Gasteiger partial charge in [0.05, 0.1) is 6.54 Å². The molecule has 0 bridgehead atoms. The molecule has 0 atom stereocenters. The molecule has 0 saturated carbocycles. The second-order valence-electron chi connectivity index (χ2n) is 3.07. The monoisotopic (exact) mass is 321 g/mol. The van der Waals surface area contributed by atoms with Gasteiger partial charge in [0.15, 0.2) is 4.67 Å². The molecule has 0 radical (unpaired) electrons. The van der Waals surface area contributed by atoms with Gasteiger partial charge < -0.3 is 9.73 Å². The van der Waals surface area contributed by atoms with Gasteiger partial charge in [0.1, 0.15) is 5.76 Å². The number of halogens is 3. The number of furan rings is 1. The molecule has 2 aromatic rings. The van der Waals surface area contributed by atoms with E-state index in [-0.39, 0.29) is 12.4 Å². The molecule has 86 valence electrons. The number of anilines is 1. The van der Waals surface area contributed by atoms with Gasteiger partial charge in [-0.2, -0.15) is 0 Å². The molecule has 0 aliphatic carbocycles. The van der Waals surface area contributed by atoms with Gasteiger partial charge in [0.25, 0.3) is 0 Å². The lowest BCUT2D eigenvalue weighted by molar-refractivity contribution is 0.495. The lowest BCUT2D eigenvalue weighted by atomic mass is 10.3. The summed E-state index contributed by atoms with van der Waals surface area (Å²) in [5.74, 6) is 0.886. The Morgan fingerprint density at radius 1 is 1.12 bits per heavy atom. The minimum Gasteiger partial charge on any atom is -0.452 e. The highest BCUT2D eigenvalue weighted by Crippen LogP contribution is 2.17. The van der Waals surface area contributed by atoms with Crippen molar-refractivity contribution in [3.05, 3.63) is 51.9 Å². The maximum absolute atomic E-state index is 5.78. The summed E-state index contributed by atoms with van der Waals surface area (Å²) in [4.78, 5) is 0. The second kappa shape index (κ2) is 6.18. The average molecular weight is 323 g/mol. The van der Waals surface area contributed by atoms with E-state index in [0.717, 1.165) is 21.1 Å². The fraction of sp³-hybridized carbons (Fsp3) is 0.0909. The van der Waals surface area contributed by atoms with E-state index < -0.39 is 0 Å². The summed E-state index contributed by atoms with van der Waals surface area (Å²) in [6.45, 7) is 0.660. The molecule has 0 unspecified atom stereocenters. The third-order valence-electron chi connectivity index (χ3n) is 1.94. The van der Waals surface area contributed by atoms with Gasteiger partial charge in [-0.1, -0.05) is 11.6 Å². The smallest absolute Gasteiger partial charge is 0.169 e. The Morgan fingerprint density at radius 2 is 1.81 bits per heavy atom. The van der Waals surface area contributed by atoms with Crippen LogP contribution in [-0.4, -0.2) is 0 Å². The topological polar surface area (TPSA) is 25.2 Å². The van der Waals surface area contributed by atoms with Crippen molar-refractivity contribution in [2.75, 3.05) is 5.32 Å². The summed E-state index contributed by atoms with van der Waals surface area (Å²) in [7, 11) is 0. The number of hydrogen-bond donors (Lipinski definition) is 1. The standard InChI is InChI=1S/C11H9BrClNO.ClH/c12-11-6-5-10(15-11)7-14-9-3-1-8(13)2-4-9;/h1-6,14H,7H2;1H. The fourth-order valence-corrected chi connectivity index (χ4v) is 1.67. The minimum atomic E-state index is 0. The van der Waals surface area contributed by atoms with Crippen molar-refractivity contribution in [1.82, 2.24) is 0 Å². The molecule has 1 aromatic carbocycles. The first-order valence-corrected chi connectivity index (χ1v) is 5.65. The number of hydrogen-bond acceptors (Lipinski definition) is 2. The van der Waals surface area contributed by atoms with Crippen LogP contribution >= 0.6 is 39.9 Å². The molecule has 5 heteroatoms. The zero-order valence-corrected chi connectivity index (χ0v) is 11.4. The van der Waals surface area contributed by atoms with Crippen molar-refractivity contribution in [1.29, 1.82) is 0 Å². The van der Waals surface area contributed by atoms with Crippen molar-refractivity contribution in [3.63, 3.8) is 0 Å². The van der Waals surface area contributed by atoms with Crippen LogP contribution in [0.3, 0.4) is 0 Å². The van der Waals surface area contributed by atoms with Crippen LogP contribution in [0.25, 0.3) is 0 Å². The number of nitrogens with one attached hydrogen (secondary N) is 1. The highest BCUT2D eigenvalue weighted by Gasteiger charge is 1.98. The third-order valence-corrected chi connectivity index (χ3v) is 2.62. The molecular formula is C11H10BrCl2NO. The van der Waals surface area contributed by atoms with E-state index in [1.807, 2.05) is 36.4 Å². The Morgan fingerprint density at radius 3 is 2.38 bits per heavy atom.